The second kappa shape index (κ2) is 5.49. The molecule has 1 aliphatic carbocycles. The summed E-state index contributed by atoms with van der Waals surface area (Å²) >= 11 is 0. The van der Waals surface area contributed by atoms with Gasteiger partial charge in [0.25, 0.3) is 5.91 Å². The smallest absolute Gasteiger partial charge is 0.255 e. The van der Waals surface area contributed by atoms with Crippen molar-refractivity contribution < 1.29 is 4.79 Å². The maximum Gasteiger partial charge on any atom is 0.255 e. The summed E-state index contributed by atoms with van der Waals surface area (Å²) in [6, 6.07) is 14.0. The van der Waals surface area contributed by atoms with Gasteiger partial charge in [0.15, 0.2) is 0 Å². The molecule has 0 aromatic heterocycles. The van der Waals surface area contributed by atoms with E-state index in [1.54, 1.807) is 0 Å². The molecule has 0 saturated carbocycles. The predicted molar refractivity (Wildman–Crippen MR) is 82.2 cm³/mol. The maximum atomic E-state index is 12.3. The minimum atomic E-state index is -0.0257. The number of fused-ring (bicyclic) bond motifs is 1. The fraction of sp³-hybridized carbons (Fsp3) is 0.278. The first-order chi connectivity index (χ1) is 9.72. The van der Waals surface area contributed by atoms with Crippen LogP contribution in [0.15, 0.2) is 42.5 Å². The van der Waals surface area contributed by atoms with E-state index in [0.29, 0.717) is 0 Å². The molecule has 3 rings (SSSR count). The Kier molecular flexibility index (Phi) is 3.55. The summed E-state index contributed by atoms with van der Waals surface area (Å²) in [6.45, 7) is 2.04. The second-order valence-corrected chi connectivity index (χ2v) is 5.51. The molecule has 0 aliphatic heterocycles. The third-order valence-electron chi connectivity index (χ3n) is 3.92. The maximum absolute atomic E-state index is 12.3. The Balaban J connectivity index is 1.78. The lowest BCUT2D eigenvalue weighted by Crippen LogP contribution is -2.13. The fourth-order valence-corrected chi connectivity index (χ4v) is 2.71. The number of aryl methyl sites for hydroxylation is 3. The molecule has 20 heavy (non-hydrogen) atoms. The average molecular weight is 265 g/mol. The van der Waals surface area contributed by atoms with E-state index in [4.69, 9.17) is 0 Å². The number of hydrogen-bond donors (Lipinski definition) is 1. The molecule has 1 amide bonds. The quantitative estimate of drug-likeness (QED) is 0.869. The van der Waals surface area contributed by atoms with Gasteiger partial charge in [-0.3, -0.25) is 4.79 Å². The van der Waals surface area contributed by atoms with Crippen LogP contribution in [0.3, 0.4) is 0 Å². The minimum Gasteiger partial charge on any atom is -0.322 e. The lowest BCUT2D eigenvalue weighted by atomic mass is 9.90. The summed E-state index contributed by atoms with van der Waals surface area (Å²) in [5, 5.41) is 2.95. The number of rotatable bonds is 2. The molecule has 1 aliphatic rings. The van der Waals surface area contributed by atoms with Gasteiger partial charge in [0.2, 0.25) is 0 Å². The summed E-state index contributed by atoms with van der Waals surface area (Å²) in [7, 11) is 0. The summed E-state index contributed by atoms with van der Waals surface area (Å²) in [5.41, 5.74) is 5.54. The van der Waals surface area contributed by atoms with Gasteiger partial charge in [-0.1, -0.05) is 23.8 Å². The first-order valence-electron chi connectivity index (χ1n) is 7.22. The van der Waals surface area contributed by atoms with Crippen molar-refractivity contribution in [3.63, 3.8) is 0 Å². The van der Waals surface area contributed by atoms with Crippen LogP contribution in [0.4, 0.5) is 5.69 Å². The molecule has 102 valence electrons. The largest absolute Gasteiger partial charge is 0.322 e. The zero-order valence-corrected chi connectivity index (χ0v) is 11.8. The van der Waals surface area contributed by atoms with Crippen molar-refractivity contribution in [2.45, 2.75) is 32.6 Å². The second-order valence-electron chi connectivity index (χ2n) is 5.51. The summed E-state index contributed by atoms with van der Waals surface area (Å²) < 4.78 is 0. The van der Waals surface area contributed by atoms with Crippen LogP contribution in [0.5, 0.6) is 0 Å². The Hall–Kier alpha value is -2.09. The molecule has 2 heteroatoms. The van der Waals surface area contributed by atoms with Crippen LogP contribution in [0.1, 0.15) is 39.9 Å². The van der Waals surface area contributed by atoms with E-state index in [9.17, 15) is 4.79 Å². The van der Waals surface area contributed by atoms with Gasteiger partial charge in [-0.05, 0) is 68.0 Å². The van der Waals surface area contributed by atoms with Gasteiger partial charge in [0, 0.05) is 11.3 Å². The van der Waals surface area contributed by atoms with Crippen LogP contribution >= 0.6 is 0 Å². The standard InChI is InChI=1S/C18H19NO/c1-13-6-10-17(11-7-13)19-18(20)16-9-8-14-4-2-3-5-15(14)12-16/h6-12H,2-5H2,1H3,(H,19,20). The first-order valence-corrected chi connectivity index (χ1v) is 7.22. The van der Waals surface area contributed by atoms with Crippen molar-refractivity contribution >= 4 is 11.6 Å². The highest BCUT2D eigenvalue weighted by Crippen LogP contribution is 2.22. The molecule has 1 N–H and O–H groups in total. The molecule has 0 saturated heterocycles. The van der Waals surface area contributed by atoms with Gasteiger partial charge >= 0.3 is 0 Å². The van der Waals surface area contributed by atoms with E-state index in [0.717, 1.165) is 24.1 Å². The van der Waals surface area contributed by atoms with E-state index in [1.165, 1.54) is 29.5 Å². The monoisotopic (exact) mass is 265 g/mol. The Morgan fingerprint density at radius 2 is 1.65 bits per heavy atom. The Morgan fingerprint density at radius 1 is 0.950 bits per heavy atom. The SMILES string of the molecule is Cc1ccc(NC(=O)c2ccc3c(c2)CCCC3)cc1. The van der Waals surface area contributed by atoms with E-state index in [2.05, 4.69) is 17.4 Å². The zero-order valence-electron chi connectivity index (χ0n) is 11.8. The highest BCUT2D eigenvalue weighted by molar-refractivity contribution is 6.04. The molecule has 2 nitrogen and oxygen atoms in total. The van der Waals surface area contributed by atoms with Gasteiger partial charge in [-0.25, -0.2) is 0 Å². The Morgan fingerprint density at radius 3 is 2.40 bits per heavy atom. The van der Waals surface area contributed by atoms with Crippen molar-refractivity contribution in [3.8, 4) is 0 Å². The molecule has 0 unspecified atom stereocenters. The summed E-state index contributed by atoms with van der Waals surface area (Å²) in [5.74, 6) is -0.0257. The van der Waals surface area contributed by atoms with Crippen LogP contribution < -0.4 is 5.32 Å². The highest BCUT2D eigenvalue weighted by Gasteiger charge is 2.12. The number of nitrogens with one attached hydrogen (secondary N) is 1. The third kappa shape index (κ3) is 2.74. The van der Waals surface area contributed by atoms with Gasteiger partial charge in [-0.2, -0.15) is 0 Å². The highest BCUT2D eigenvalue weighted by atomic mass is 16.1. The van der Waals surface area contributed by atoms with Crippen molar-refractivity contribution in [3.05, 3.63) is 64.7 Å². The number of carbonyl (C=O) groups excluding carboxylic acids is 1. The van der Waals surface area contributed by atoms with Crippen molar-refractivity contribution in [2.75, 3.05) is 5.32 Å². The molecule has 0 radical (unpaired) electrons. The molecule has 0 bridgehead atoms. The van der Waals surface area contributed by atoms with E-state index >= 15 is 0 Å². The third-order valence-corrected chi connectivity index (χ3v) is 3.92. The average Bonchev–Trinajstić information content (AvgIpc) is 2.49. The Bertz CT molecular complexity index is 628. The van der Waals surface area contributed by atoms with Crippen LogP contribution in [0, 0.1) is 6.92 Å². The summed E-state index contributed by atoms with van der Waals surface area (Å²) in [4.78, 5) is 12.3. The van der Waals surface area contributed by atoms with Gasteiger partial charge in [-0.15, -0.1) is 0 Å². The molecule has 2 aromatic rings. The first kappa shape index (κ1) is 12.9. The lowest BCUT2D eigenvalue weighted by molar-refractivity contribution is 0.102. The van der Waals surface area contributed by atoms with Crippen LogP contribution in [-0.2, 0) is 12.8 Å². The lowest BCUT2D eigenvalue weighted by Gasteiger charge is -2.16. The van der Waals surface area contributed by atoms with Crippen LogP contribution in [0.25, 0.3) is 0 Å². The van der Waals surface area contributed by atoms with Crippen LogP contribution in [0.2, 0.25) is 0 Å². The fourth-order valence-electron chi connectivity index (χ4n) is 2.71. The van der Waals surface area contributed by atoms with Gasteiger partial charge in [0.05, 0.1) is 0 Å². The van der Waals surface area contributed by atoms with E-state index < -0.39 is 0 Å². The normalized spacial score (nSPS) is 13.7. The Labute approximate surface area is 119 Å². The van der Waals surface area contributed by atoms with Gasteiger partial charge < -0.3 is 5.32 Å². The van der Waals surface area contributed by atoms with Crippen molar-refractivity contribution in [1.29, 1.82) is 0 Å². The number of carbonyl (C=O) groups is 1. The summed E-state index contributed by atoms with van der Waals surface area (Å²) in [6.07, 6.45) is 4.74. The number of benzene rings is 2. The minimum absolute atomic E-state index is 0.0257. The predicted octanol–water partition coefficient (Wildman–Crippen LogP) is 4.13. The zero-order chi connectivity index (χ0) is 13.9. The number of hydrogen-bond acceptors (Lipinski definition) is 1. The molecular weight excluding hydrogens is 246 g/mol. The number of anilines is 1. The molecule has 0 heterocycles. The van der Waals surface area contributed by atoms with E-state index in [-0.39, 0.29) is 5.91 Å². The van der Waals surface area contributed by atoms with Crippen molar-refractivity contribution in [2.24, 2.45) is 0 Å². The van der Waals surface area contributed by atoms with Gasteiger partial charge in [0.1, 0.15) is 0 Å². The molecule has 2 aromatic carbocycles. The molecule has 0 spiro atoms. The van der Waals surface area contributed by atoms with Crippen molar-refractivity contribution in [1.82, 2.24) is 0 Å². The molecular formula is C18H19NO. The van der Waals surface area contributed by atoms with E-state index in [1.807, 2.05) is 37.3 Å². The topological polar surface area (TPSA) is 29.1 Å². The number of amides is 1. The molecule has 0 fully saturated rings. The molecule has 0 atom stereocenters. The van der Waals surface area contributed by atoms with Crippen LogP contribution in [-0.4, -0.2) is 5.91 Å².